The molecule has 0 aliphatic carbocycles. The summed E-state index contributed by atoms with van der Waals surface area (Å²) in [6, 6.07) is 14.7. The second kappa shape index (κ2) is 7.13. The average Bonchev–Trinajstić information content (AvgIpc) is 2.94. The number of nitro groups is 1. The third-order valence-corrected chi connectivity index (χ3v) is 4.28. The third-order valence-electron chi connectivity index (χ3n) is 4.28. The van der Waals surface area contributed by atoms with Crippen LogP contribution in [-0.2, 0) is 4.74 Å². The van der Waals surface area contributed by atoms with Crippen LogP contribution in [0.15, 0.2) is 54.6 Å². The van der Waals surface area contributed by atoms with Gasteiger partial charge >= 0.3 is 0 Å². The Morgan fingerprint density at radius 1 is 1.27 bits per heavy atom. The monoisotopic (exact) mass is 356 g/mol. The maximum Gasteiger partial charge on any atom is 0.273 e. The number of nitrogens with zero attached hydrogens (tertiary/aromatic N) is 2. The van der Waals surface area contributed by atoms with Gasteiger partial charge in [-0.15, -0.1) is 0 Å². The Hall–Kier alpha value is -2.93. The fraction of sp³-hybridized carbons (Fsp3) is 0.316. The summed E-state index contributed by atoms with van der Waals surface area (Å²) in [5, 5.41) is 10.9. The van der Waals surface area contributed by atoms with Gasteiger partial charge in [-0.1, -0.05) is 24.3 Å². The van der Waals surface area contributed by atoms with Crippen molar-refractivity contribution in [3.8, 4) is 5.75 Å². The predicted octanol–water partition coefficient (Wildman–Crippen LogP) is 3.25. The van der Waals surface area contributed by atoms with Gasteiger partial charge in [-0.25, -0.2) is 0 Å². The zero-order chi connectivity index (χ0) is 18.7. The molecule has 2 aromatic carbocycles. The van der Waals surface area contributed by atoms with Gasteiger partial charge < -0.3 is 14.4 Å². The minimum Gasteiger partial charge on any atom is -0.491 e. The molecule has 0 radical (unpaired) electrons. The molecule has 7 nitrogen and oxygen atoms in total. The van der Waals surface area contributed by atoms with Gasteiger partial charge in [0.15, 0.2) is 0 Å². The Labute approximate surface area is 151 Å². The molecule has 0 bridgehead atoms. The first-order valence-electron chi connectivity index (χ1n) is 8.28. The molecule has 1 aliphatic rings. The Bertz CT molecular complexity index is 807. The van der Waals surface area contributed by atoms with Gasteiger partial charge in [0.25, 0.3) is 11.6 Å². The quantitative estimate of drug-likeness (QED) is 0.607. The standard InChI is InChI=1S/C19H20N2O5/c1-19(2)20(18(22)14-7-4-3-5-8-14)16(13-26-19)12-25-17-10-6-9-15(11-17)21(23)24/h3-11,16H,12-13H2,1-2H3/t16-/m0/s1. The van der Waals surface area contributed by atoms with Crippen molar-refractivity contribution < 1.29 is 19.2 Å². The Morgan fingerprint density at radius 3 is 2.69 bits per heavy atom. The molecule has 2 aromatic rings. The smallest absolute Gasteiger partial charge is 0.273 e. The zero-order valence-corrected chi connectivity index (χ0v) is 14.6. The highest BCUT2D eigenvalue weighted by Gasteiger charge is 2.44. The lowest BCUT2D eigenvalue weighted by atomic mass is 10.1. The summed E-state index contributed by atoms with van der Waals surface area (Å²) < 4.78 is 11.5. The Balaban J connectivity index is 1.75. The van der Waals surface area contributed by atoms with Gasteiger partial charge in [0.1, 0.15) is 18.1 Å². The first-order chi connectivity index (χ1) is 12.4. The highest BCUT2D eigenvalue weighted by Crippen LogP contribution is 2.30. The highest BCUT2D eigenvalue weighted by molar-refractivity contribution is 5.95. The van der Waals surface area contributed by atoms with Crippen LogP contribution in [0.4, 0.5) is 5.69 Å². The van der Waals surface area contributed by atoms with Crippen molar-refractivity contribution in [1.82, 2.24) is 4.90 Å². The molecular formula is C19H20N2O5. The van der Waals surface area contributed by atoms with Gasteiger partial charge in [0.2, 0.25) is 0 Å². The van der Waals surface area contributed by atoms with Crippen molar-refractivity contribution in [2.24, 2.45) is 0 Å². The van der Waals surface area contributed by atoms with Crippen LogP contribution >= 0.6 is 0 Å². The molecule has 3 rings (SSSR count). The van der Waals surface area contributed by atoms with E-state index in [1.54, 1.807) is 29.2 Å². The van der Waals surface area contributed by atoms with Crippen LogP contribution in [0.2, 0.25) is 0 Å². The molecule has 1 fully saturated rings. The number of nitro benzene ring substituents is 1. The van der Waals surface area contributed by atoms with Crippen LogP contribution < -0.4 is 4.74 Å². The highest BCUT2D eigenvalue weighted by atomic mass is 16.6. The Morgan fingerprint density at radius 2 is 2.00 bits per heavy atom. The Kier molecular flexibility index (Phi) is 4.90. The molecule has 0 unspecified atom stereocenters. The van der Waals surface area contributed by atoms with Crippen LogP contribution in [0, 0.1) is 10.1 Å². The van der Waals surface area contributed by atoms with E-state index in [1.807, 2.05) is 32.0 Å². The molecule has 0 spiro atoms. The molecule has 1 amide bonds. The van der Waals surface area contributed by atoms with Crippen molar-refractivity contribution in [3.05, 3.63) is 70.3 Å². The summed E-state index contributed by atoms with van der Waals surface area (Å²) in [5.74, 6) is 0.247. The topological polar surface area (TPSA) is 81.9 Å². The lowest BCUT2D eigenvalue weighted by Gasteiger charge is -2.33. The molecule has 136 valence electrons. The van der Waals surface area contributed by atoms with E-state index >= 15 is 0 Å². The first kappa shape index (κ1) is 17.9. The normalized spacial score (nSPS) is 18.5. The van der Waals surface area contributed by atoms with E-state index in [0.717, 1.165) is 0 Å². The van der Waals surface area contributed by atoms with Crippen molar-refractivity contribution in [2.75, 3.05) is 13.2 Å². The third kappa shape index (κ3) is 3.67. The van der Waals surface area contributed by atoms with E-state index in [-0.39, 0.29) is 24.2 Å². The van der Waals surface area contributed by atoms with Crippen LogP contribution in [0.3, 0.4) is 0 Å². The van der Waals surface area contributed by atoms with E-state index in [4.69, 9.17) is 9.47 Å². The second-order valence-corrected chi connectivity index (χ2v) is 6.52. The summed E-state index contributed by atoms with van der Waals surface area (Å²) in [6.45, 7) is 4.19. The maximum absolute atomic E-state index is 12.9. The van der Waals surface area contributed by atoms with Crippen molar-refractivity contribution in [2.45, 2.75) is 25.6 Å². The fourth-order valence-corrected chi connectivity index (χ4v) is 3.02. The number of ether oxygens (including phenoxy) is 2. The lowest BCUT2D eigenvalue weighted by Crippen LogP contribution is -2.49. The number of carbonyl (C=O) groups is 1. The van der Waals surface area contributed by atoms with Gasteiger partial charge in [-0.3, -0.25) is 14.9 Å². The number of carbonyl (C=O) groups excluding carboxylic acids is 1. The first-order valence-corrected chi connectivity index (χ1v) is 8.28. The van der Waals surface area contributed by atoms with Crippen molar-refractivity contribution >= 4 is 11.6 Å². The maximum atomic E-state index is 12.9. The molecule has 1 atom stereocenters. The number of rotatable bonds is 5. The summed E-state index contributed by atoms with van der Waals surface area (Å²) in [7, 11) is 0. The molecule has 7 heteroatoms. The summed E-state index contributed by atoms with van der Waals surface area (Å²) >= 11 is 0. The fourth-order valence-electron chi connectivity index (χ4n) is 3.02. The second-order valence-electron chi connectivity index (χ2n) is 6.52. The number of hydrogen-bond donors (Lipinski definition) is 0. The van der Waals surface area contributed by atoms with E-state index in [2.05, 4.69) is 0 Å². The van der Waals surface area contributed by atoms with E-state index in [1.165, 1.54) is 12.1 Å². The number of amides is 1. The van der Waals surface area contributed by atoms with Crippen LogP contribution in [0.1, 0.15) is 24.2 Å². The summed E-state index contributed by atoms with van der Waals surface area (Å²) in [6.07, 6.45) is 0. The molecular weight excluding hydrogens is 336 g/mol. The minimum atomic E-state index is -0.760. The van der Waals surface area contributed by atoms with Gasteiger partial charge in [0, 0.05) is 11.6 Å². The SMILES string of the molecule is CC1(C)OC[C@H](COc2cccc([N+](=O)[O-])c2)N1C(=O)c1ccccc1. The molecule has 1 heterocycles. The number of benzene rings is 2. The summed E-state index contributed by atoms with van der Waals surface area (Å²) in [5.41, 5.74) is -0.224. The molecule has 0 N–H and O–H groups in total. The van der Waals surface area contributed by atoms with Gasteiger partial charge in [0.05, 0.1) is 23.6 Å². The van der Waals surface area contributed by atoms with E-state index < -0.39 is 10.6 Å². The van der Waals surface area contributed by atoms with Crippen molar-refractivity contribution in [1.29, 1.82) is 0 Å². The zero-order valence-electron chi connectivity index (χ0n) is 14.6. The van der Waals surface area contributed by atoms with Crippen LogP contribution in [0.25, 0.3) is 0 Å². The van der Waals surface area contributed by atoms with E-state index in [0.29, 0.717) is 17.9 Å². The molecule has 1 saturated heterocycles. The molecule has 26 heavy (non-hydrogen) atoms. The van der Waals surface area contributed by atoms with E-state index in [9.17, 15) is 14.9 Å². The van der Waals surface area contributed by atoms with Gasteiger partial charge in [-0.05, 0) is 32.0 Å². The van der Waals surface area contributed by atoms with Gasteiger partial charge in [-0.2, -0.15) is 0 Å². The number of non-ortho nitro benzene ring substituents is 1. The molecule has 0 saturated carbocycles. The molecule has 0 aromatic heterocycles. The van der Waals surface area contributed by atoms with Crippen molar-refractivity contribution in [3.63, 3.8) is 0 Å². The summed E-state index contributed by atoms with van der Waals surface area (Å²) in [4.78, 5) is 25.0. The van der Waals surface area contributed by atoms with Crippen LogP contribution in [-0.4, -0.2) is 40.7 Å². The number of hydrogen-bond acceptors (Lipinski definition) is 5. The predicted molar refractivity (Wildman–Crippen MR) is 95.0 cm³/mol. The lowest BCUT2D eigenvalue weighted by molar-refractivity contribution is -0.384. The molecule has 1 aliphatic heterocycles. The largest absolute Gasteiger partial charge is 0.491 e. The van der Waals surface area contributed by atoms with Crippen LogP contribution in [0.5, 0.6) is 5.75 Å². The minimum absolute atomic E-state index is 0.0391. The average molecular weight is 356 g/mol.